The van der Waals surface area contributed by atoms with Gasteiger partial charge in [0.2, 0.25) is 0 Å². The average Bonchev–Trinajstić information content (AvgIpc) is 3.03. The topological polar surface area (TPSA) is 29.3 Å². The molecule has 0 bridgehead atoms. The molecule has 3 rings (SSSR count). The standard InChI is InChI=1S/C14H17N3S2/c1-10-9-17-13(11(2)16-14(17)19-10)8-15-6-5-12-4-3-7-18-12/h3-4,7,9,15H,5-6,8H2,1-2H3. The number of aromatic nitrogens is 2. The molecule has 1 N–H and O–H groups in total. The first-order chi connectivity index (χ1) is 9.24. The Bertz CT molecular complexity index is 664. The van der Waals surface area contributed by atoms with Crippen molar-refractivity contribution in [1.29, 1.82) is 0 Å². The first-order valence-corrected chi connectivity index (χ1v) is 8.11. The third kappa shape index (κ3) is 2.73. The fourth-order valence-electron chi connectivity index (χ4n) is 2.20. The van der Waals surface area contributed by atoms with E-state index in [9.17, 15) is 0 Å². The van der Waals surface area contributed by atoms with E-state index in [0.717, 1.165) is 30.2 Å². The van der Waals surface area contributed by atoms with Crippen LogP contribution in [-0.4, -0.2) is 15.9 Å². The monoisotopic (exact) mass is 291 g/mol. The molecular weight excluding hydrogens is 274 g/mol. The first kappa shape index (κ1) is 12.8. The van der Waals surface area contributed by atoms with Crippen molar-refractivity contribution < 1.29 is 0 Å². The quantitative estimate of drug-likeness (QED) is 0.730. The molecule has 100 valence electrons. The zero-order chi connectivity index (χ0) is 13.2. The molecule has 3 heterocycles. The second-order valence-corrected chi connectivity index (χ2v) is 6.89. The van der Waals surface area contributed by atoms with Crippen LogP contribution in [0.25, 0.3) is 4.96 Å². The Labute approximate surface area is 120 Å². The van der Waals surface area contributed by atoms with Gasteiger partial charge in [-0.3, -0.25) is 4.40 Å². The van der Waals surface area contributed by atoms with E-state index in [-0.39, 0.29) is 0 Å². The Balaban J connectivity index is 1.63. The molecule has 0 saturated carbocycles. The van der Waals surface area contributed by atoms with E-state index in [2.05, 4.69) is 52.3 Å². The minimum atomic E-state index is 0.883. The van der Waals surface area contributed by atoms with Crippen molar-refractivity contribution in [2.45, 2.75) is 26.8 Å². The molecular formula is C14H17N3S2. The highest BCUT2D eigenvalue weighted by Gasteiger charge is 2.10. The lowest BCUT2D eigenvalue weighted by molar-refractivity contribution is 0.671. The van der Waals surface area contributed by atoms with Gasteiger partial charge in [-0.25, -0.2) is 4.98 Å². The summed E-state index contributed by atoms with van der Waals surface area (Å²) in [5.74, 6) is 0. The van der Waals surface area contributed by atoms with E-state index in [1.165, 1.54) is 15.4 Å². The molecule has 3 aromatic heterocycles. The maximum Gasteiger partial charge on any atom is 0.194 e. The van der Waals surface area contributed by atoms with E-state index in [4.69, 9.17) is 0 Å². The molecule has 0 radical (unpaired) electrons. The molecule has 3 nitrogen and oxygen atoms in total. The number of imidazole rings is 1. The average molecular weight is 291 g/mol. The number of hydrogen-bond donors (Lipinski definition) is 1. The van der Waals surface area contributed by atoms with Crippen LogP contribution in [0.1, 0.15) is 21.1 Å². The number of nitrogens with one attached hydrogen (secondary N) is 1. The maximum atomic E-state index is 4.61. The van der Waals surface area contributed by atoms with E-state index >= 15 is 0 Å². The van der Waals surface area contributed by atoms with Gasteiger partial charge in [0.1, 0.15) is 0 Å². The van der Waals surface area contributed by atoms with Gasteiger partial charge in [-0.1, -0.05) is 6.07 Å². The van der Waals surface area contributed by atoms with Gasteiger partial charge in [0.15, 0.2) is 4.96 Å². The predicted octanol–water partition coefficient (Wildman–Crippen LogP) is 3.41. The summed E-state index contributed by atoms with van der Waals surface area (Å²) in [6, 6.07) is 4.30. The van der Waals surface area contributed by atoms with Crippen molar-refractivity contribution in [3.63, 3.8) is 0 Å². The van der Waals surface area contributed by atoms with Crippen molar-refractivity contribution in [3.8, 4) is 0 Å². The minimum Gasteiger partial charge on any atom is -0.311 e. The fourth-order valence-corrected chi connectivity index (χ4v) is 3.79. The summed E-state index contributed by atoms with van der Waals surface area (Å²) < 4.78 is 2.22. The molecule has 0 fully saturated rings. The van der Waals surface area contributed by atoms with Gasteiger partial charge in [-0.05, 0) is 31.7 Å². The fraction of sp³-hybridized carbons (Fsp3) is 0.357. The largest absolute Gasteiger partial charge is 0.311 e. The van der Waals surface area contributed by atoms with Crippen LogP contribution in [0.15, 0.2) is 23.7 Å². The molecule has 0 amide bonds. The molecule has 19 heavy (non-hydrogen) atoms. The van der Waals surface area contributed by atoms with Crippen molar-refractivity contribution in [2.24, 2.45) is 0 Å². The summed E-state index contributed by atoms with van der Waals surface area (Å²) in [6.07, 6.45) is 3.28. The van der Waals surface area contributed by atoms with E-state index in [1.54, 1.807) is 11.3 Å². The van der Waals surface area contributed by atoms with Crippen LogP contribution in [0, 0.1) is 13.8 Å². The molecule has 5 heteroatoms. The van der Waals surface area contributed by atoms with E-state index in [1.807, 2.05) is 11.3 Å². The van der Waals surface area contributed by atoms with Crippen molar-refractivity contribution in [3.05, 3.63) is 44.9 Å². The highest BCUT2D eigenvalue weighted by molar-refractivity contribution is 7.17. The Morgan fingerprint density at radius 3 is 3.05 bits per heavy atom. The number of nitrogens with zero attached hydrogens (tertiary/aromatic N) is 2. The summed E-state index contributed by atoms with van der Waals surface area (Å²) in [5.41, 5.74) is 2.42. The van der Waals surface area contributed by atoms with Gasteiger partial charge in [-0.2, -0.15) is 0 Å². The van der Waals surface area contributed by atoms with Crippen LogP contribution in [-0.2, 0) is 13.0 Å². The van der Waals surface area contributed by atoms with Gasteiger partial charge < -0.3 is 5.32 Å². The number of thiophene rings is 1. The molecule has 0 aliphatic rings. The molecule has 0 aromatic carbocycles. The first-order valence-electron chi connectivity index (χ1n) is 6.41. The lowest BCUT2D eigenvalue weighted by Gasteiger charge is -2.04. The molecule has 0 spiro atoms. The van der Waals surface area contributed by atoms with E-state index < -0.39 is 0 Å². The number of aryl methyl sites for hydroxylation is 2. The number of thiazole rings is 1. The van der Waals surface area contributed by atoms with Gasteiger partial charge >= 0.3 is 0 Å². The molecule has 0 aliphatic heterocycles. The SMILES string of the molecule is Cc1cn2c(CNCCc3cccs3)c(C)nc2s1. The van der Waals surface area contributed by atoms with Gasteiger partial charge in [0.25, 0.3) is 0 Å². The second kappa shape index (κ2) is 5.45. The smallest absolute Gasteiger partial charge is 0.194 e. The summed E-state index contributed by atoms with van der Waals surface area (Å²) in [7, 11) is 0. The summed E-state index contributed by atoms with van der Waals surface area (Å²) in [5, 5.41) is 5.65. The Morgan fingerprint density at radius 1 is 1.37 bits per heavy atom. The van der Waals surface area contributed by atoms with Crippen LogP contribution in [0.4, 0.5) is 0 Å². The van der Waals surface area contributed by atoms with Gasteiger partial charge in [-0.15, -0.1) is 22.7 Å². The highest BCUT2D eigenvalue weighted by atomic mass is 32.1. The third-order valence-electron chi connectivity index (χ3n) is 3.16. The van der Waals surface area contributed by atoms with Crippen LogP contribution >= 0.6 is 22.7 Å². The second-order valence-electron chi connectivity index (χ2n) is 4.64. The number of fused-ring (bicyclic) bond motifs is 1. The Morgan fingerprint density at radius 2 is 2.26 bits per heavy atom. The van der Waals surface area contributed by atoms with Crippen molar-refractivity contribution in [2.75, 3.05) is 6.54 Å². The normalized spacial score (nSPS) is 11.5. The number of rotatable bonds is 5. The van der Waals surface area contributed by atoms with Crippen LogP contribution in [0.5, 0.6) is 0 Å². The maximum absolute atomic E-state index is 4.61. The Hall–Kier alpha value is -1.17. The zero-order valence-corrected chi connectivity index (χ0v) is 12.8. The molecule has 0 saturated heterocycles. The Kier molecular flexibility index (Phi) is 3.68. The lowest BCUT2D eigenvalue weighted by atomic mass is 10.3. The molecule has 3 aromatic rings. The van der Waals surface area contributed by atoms with Crippen molar-refractivity contribution >= 4 is 27.6 Å². The van der Waals surface area contributed by atoms with Crippen molar-refractivity contribution in [1.82, 2.24) is 14.7 Å². The van der Waals surface area contributed by atoms with Gasteiger partial charge in [0, 0.05) is 29.0 Å². The highest BCUT2D eigenvalue weighted by Crippen LogP contribution is 2.20. The molecule has 0 aliphatic carbocycles. The predicted molar refractivity (Wildman–Crippen MR) is 82.3 cm³/mol. The lowest BCUT2D eigenvalue weighted by Crippen LogP contribution is -2.17. The van der Waals surface area contributed by atoms with Crippen LogP contribution in [0.2, 0.25) is 0 Å². The molecule has 0 unspecified atom stereocenters. The summed E-state index contributed by atoms with van der Waals surface area (Å²) >= 11 is 3.57. The van der Waals surface area contributed by atoms with Crippen LogP contribution in [0.3, 0.4) is 0 Å². The summed E-state index contributed by atoms with van der Waals surface area (Å²) in [4.78, 5) is 8.45. The number of hydrogen-bond acceptors (Lipinski definition) is 4. The minimum absolute atomic E-state index is 0.883. The van der Waals surface area contributed by atoms with Crippen LogP contribution < -0.4 is 5.32 Å². The zero-order valence-electron chi connectivity index (χ0n) is 11.1. The summed E-state index contributed by atoms with van der Waals surface area (Å²) in [6.45, 7) is 6.11. The third-order valence-corrected chi connectivity index (χ3v) is 5.00. The molecule has 0 atom stereocenters. The van der Waals surface area contributed by atoms with Gasteiger partial charge in [0.05, 0.1) is 11.4 Å². The van der Waals surface area contributed by atoms with E-state index in [0.29, 0.717) is 0 Å².